The minimum Gasteiger partial charge on any atom is -0.382 e. The molecule has 1 aliphatic carbocycles. The number of benzene rings is 1. The van der Waals surface area contributed by atoms with Crippen molar-refractivity contribution in [3.63, 3.8) is 0 Å². The highest BCUT2D eigenvalue weighted by Gasteiger charge is 2.30. The molecule has 0 bridgehead atoms. The predicted molar refractivity (Wildman–Crippen MR) is 112 cm³/mol. The van der Waals surface area contributed by atoms with Crippen molar-refractivity contribution in [2.24, 2.45) is 13.0 Å². The minimum absolute atomic E-state index is 0.00886. The zero-order valence-electron chi connectivity index (χ0n) is 16.7. The molecule has 1 aromatic carbocycles. The van der Waals surface area contributed by atoms with Gasteiger partial charge in [0.1, 0.15) is 0 Å². The van der Waals surface area contributed by atoms with Crippen molar-refractivity contribution < 1.29 is 4.79 Å². The number of amides is 1. The lowest BCUT2D eigenvalue weighted by Gasteiger charge is -2.25. The number of aromatic nitrogens is 2. The van der Waals surface area contributed by atoms with Crippen molar-refractivity contribution in [1.29, 1.82) is 0 Å². The number of para-hydroxylation sites is 1. The van der Waals surface area contributed by atoms with Gasteiger partial charge in [-0.2, -0.15) is 0 Å². The number of carbonyl (C=O) groups is 1. The van der Waals surface area contributed by atoms with E-state index in [0.717, 1.165) is 24.3 Å². The zero-order chi connectivity index (χ0) is 19.3. The van der Waals surface area contributed by atoms with E-state index in [2.05, 4.69) is 25.5 Å². The lowest BCUT2D eigenvalue weighted by molar-refractivity contribution is 0.0948. The van der Waals surface area contributed by atoms with Crippen LogP contribution in [0.4, 0.5) is 5.69 Å². The van der Waals surface area contributed by atoms with Crippen LogP contribution in [0.15, 0.2) is 36.8 Å². The van der Waals surface area contributed by atoms with E-state index in [4.69, 9.17) is 0 Å². The maximum atomic E-state index is 12.9. The summed E-state index contributed by atoms with van der Waals surface area (Å²) < 4.78 is 2.08. The Hall–Kier alpha value is -2.34. The van der Waals surface area contributed by atoms with Crippen LogP contribution in [0.1, 0.15) is 54.1 Å². The van der Waals surface area contributed by atoms with Crippen molar-refractivity contribution >= 4 is 11.6 Å². The van der Waals surface area contributed by atoms with Crippen molar-refractivity contribution in [3.05, 3.63) is 48.0 Å². The van der Waals surface area contributed by atoms with E-state index in [1.54, 1.807) is 0 Å². The van der Waals surface area contributed by atoms with Crippen LogP contribution in [0.5, 0.6) is 0 Å². The number of imidazole rings is 1. The van der Waals surface area contributed by atoms with Crippen LogP contribution < -0.4 is 16.0 Å². The van der Waals surface area contributed by atoms with Crippen LogP contribution in [0.2, 0.25) is 0 Å². The molecule has 0 radical (unpaired) electrons. The number of nitrogens with zero attached hydrogens (tertiary/aromatic N) is 2. The number of carbonyl (C=O) groups excluding carboxylic acids is 1. The second-order valence-electron chi connectivity index (χ2n) is 8.19. The van der Waals surface area contributed by atoms with Crippen LogP contribution in [0, 0.1) is 5.92 Å². The van der Waals surface area contributed by atoms with Gasteiger partial charge in [-0.3, -0.25) is 4.79 Å². The first-order valence-electron chi connectivity index (χ1n) is 10.5. The monoisotopic (exact) mass is 381 g/mol. The van der Waals surface area contributed by atoms with Crippen LogP contribution in [-0.2, 0) is 7.05 Å². The van der Waals surface area contributed by atoms with Gasteiger partial charge >= 0.3 is 0 Å². The average molecular weight is 382 g/mol. The molecule has 1 saturated heterocycles. The number of hydrogen-bond donors (Lipinski definition) is 3. The summed E-state index contributed by atoms with van der Waals surface area (Å²) in [4.78, 5) is 17.2. The highest BCUT2D eigenvalue weighted by Crippen LogP contribution is 2.28. The molecule has 0 unspecified atom stereocenters. The molecular formula is C22H31N5O. The second kappa shape index (κ2) is 8.78. The Kier molecular flexibility index (Phi) is 5.95. The molecule has 150 valence electrons. The first-order chi connectivity index (χ1) is 13.7. The molecule has 1 amide bonds. The first-order valence-corrected chi connectivity index (χ1v) is 10.5. The fourth-order valence-electron chi connectivity index (χ4n) is 4.61. The summed E-state index contributed by atoms with van der Waals surface area (Å²) in [6.07, 6.45) is 10.0. The molecule has 2 aromatic rings. The molecule has 2 aliphatic rings. The average Bonchev–Trinajstić information content (AvgIpc) is 3.35. The van der Waals surface area contributed by atoms with Crippen molar-refractivity contribution in [2.45, 2.75) is 44.1 Å². The van der Waals surface area contributed by atoms with Gasteiger partial charge < -0.3 is 20.5 Å². The van der Waals surface area contributed by atoms with Crippen molar-refractivity contribution in [1.82, 2.24) is 20.2 Å². The normalized spacial score (nSPS) is 22.9. The topological polar surface area (TPSA) is 71.0 Å². The fraction of sp³-hybridized carbons (Fsp3) is 0.545. The maximum Gasteiger partial charge on any atom is 0.253 e. The third kappa shape index (κ3) is 4.22. The van der Waals surface area contributed by atoms with E-state index in [0.29, 0.717) is 24.4 Å². The van der Waals surface area contributed by atoms with E-state index < -0.39 is 0 Å². The molecule has 6 heteroatoms. The van der Waals surface area contributed by atoms with Gasteiger partial charge in [-0.15, -0.1) is 0 Å². The molecule has 1 aromatic heterocycles. The van der Waals surface area contributed by atoms with Crippen molar-refractivity contribution in [3.8, 4) is 0 Å². The van der Waals surface area contributed by atoms with Crippen LogP contribution in [0.25, 0.3) is 0 Å². The van der Waals surface area contributed by atoms with Gasteiger partial charge in [0, 0.05) is 56.2 Å². The van der Waals surface area contributed by atoms with Crippen LogP contribution >= 0.6 is 0 Å². The van der Waals surface area contributed by atoms with Crippen LogP contribution in [-0.4, -0.2) is 41.1 Å². The maximum absolute atomic E-state index is 12.9. The van der Waals surface area contributed by atoms with E-state index in [1.165, 1.54) is 37.8 Å². The number of nitrogens with one attached hydrogen (secondary N) is 3. The smallest absolute Gasteiger partial charge is 0.253 e. The Morgan fingerprint density at radius 3 is 2.82 bits per heavy atom. The molecule has 28 heavy (non-hydrogen) atoms. The van der Waals surface area contributed by atoms with Gasteiger partial charge in [-0.05, 0) is 30.9 Å². The molecule has 1 aliphatic heterocycles. The number of anilines is 1. The number of aryl methyl sites for hydroxylation is 1. The summed E-state index contributed by atoms with van der Waals surface area (Å²) in [5.74, 6) is 0.760. The largest absolute Gasteiger partial charge is 0.382 e. The minimum atomic E-state index is 0.00886. The second-order valence-corrected chi connectivity index (χ2v) is 8.19. The molecular weight excluding hydrogens is 350 g/mol. The molecule has 2 fully saturated rings. The Balaban J connectivity index is 1.39. The van der Waals surface area contributed by atoms with Gasteiger partial charge in [-0.1, -0.05) is 31.4 Å². The van der Waals surface area contributed by atoms with Crippen molar-refractivity contribution in [2.75, 3.05) is 25.0 Å². The van der Waals surface area contributed by atoms with E-state index in [9.17, 15) is 4.79 Å². The number of hydrogen-bond acceptors (Lipinski definition) is 4. The SMILES string of the molecule is Cn1cncc1[C@@H]1CNC[C@H]1CNC(=O)c1ccccc1NC1CCCCC1. The fourth-order valence-corrected chi connectivity index (χ4v) is 4.61. The summed E-state index contributed by atoms with van der Waals surface area (Å²) >= 11 is 0. The third-order valence-corrected chi connectivity index (χ3v) is 6.23. The first kappa shape index (κ1) is 19.0. The third-order valence-electron chi connectivity index (χ3n) is 6.23. The molecule has 6 nitrogen and oxygen atoms in total. The lowest BCUT2D eigenvalue weighted by Crippen LogP contribution is -2.33. The Bertz CT molecular complexity index is 796. The van der Waals surface area contributed by atoms with E-state index >= 15 is 0 Å². The molecule has 1 saturated carbocycles. The predicted octanol–water partition coefficient (Wildman–Crippen LogP) is 2.90. The molecule has 2 heterocycles. The van der Waals surface area contributed by atoms with Gasteiger partial charge in [0.05, 0.1) is 11.9 Å². The highest BCUT2D eigenvalue weighted by atomic mass is 16.1. The van der Waals surface area contributed by atoms with Gasteiger partial charge in [0.15, 0.2) is 0 Å². The zero-order valence-corrected chi connectivity index (χ0v) is 16.7. The molecule has 4 rings (SSSR count). The highest BCUT2D eigenvalue weighted by molar-refractivity contribution is 5.99. The Morgan fingerprint density at radius 2 is 2.04 bits per heavy atom. The summed E-state index contributed by atoms with van der Waals surface area (Å²) in [7, 11) is 2.03. The van der Waals surface area contributed by atoms with Gasteiger partial charge in [-0.25, -0.2) is 4.98 Å². The lowest BCUT2D eigenvalue weighted by atomic mass is 9.93. The summed E-state index contributed by atoms with van der Waals surface area (Å²) in [5, 5.41) is 10.3. The van der Waals surface area contributed by atoms with E-state index in [-0.39, 0.29) is 5.91 Å². The Morgan fingerprint density at radius 1 is 1.21 bits per heavy atom. The summed E-state index contributed by atoms with van der Waals surface area (Å²) in [5.41, 5.74) is 2.93. The van der Waals surface area contributed by atoms with Gasteiger partial charge in [0.25, 0.3) is 5.91 Å². The van der Waals surface area contributed by atoms with E-state index in [1.807, 2.05) is 43.8 Å². The summed E-state index contributed by atoms with van der Waals surface area (Å²) in [6, 6.07) is 8.37. The number of rotatable bonds is 6. The summed E-state index contributed by atoms with van der Waals surface area (Å²) in [6.45, 7) is 2.51. The standard InChI is InChI=1S/C22H31N5O/c1-27-15-24-14-21(27)19-13-23-11-16(19)12-25-22(28)18-9-5-6-10-20(18)26-17-7-3-2-4-8-17/h5-6,9-10,14-17,19,23,26H,2-4,7-8,11-13H2,1H3,(H,25,28)/t16-,19+/m0/s1. The molecule has 2 atom stereocenters. The molecule has 0 spiro atoms. The molecule has 3 N–H and O–H groups in total. The van der Waals surface area contributed by atoms with Crippen LogP contribution in [0.3, 0.4) is 0 Å². The quantitative estimate of drug-likeness (QED) is 0.720. The Labute approximate surface area is 167 Å². The van der Waals surface area contributed by atoms with Gasteiger partial charge in [0.2, 0.25) is 0 Å².